The molecule has 0 aliphatic heterocycles. The maximum atomic E-state index is 8.58. The standard InChI is InChI=1S/C4H10N2O2/c1-3(7)2-4(5)6-8/h3,7-8H,2H2,1H3,(H2,5,6)/t3-/m1/s1. The number of nitrogens with zero attached hydrogens (tertiary/aromatic N) is 1. The van der Waals surface area contributed by atoms with Gasteiger partial charge in [-0.2, -0.15) is 0 Å². The average molecular weight is 118 g/mol. The van der Waals surface area contributed by atoms with Gasteiger partial charge in [0.05, 0.1) is 6.10 Å². The van der Waals surface area contributed by atoms with Crippen LogP contribution in [0.5, 0.6) is 0 Å². The lowest BCUT2D eigenvalue weighted by atomic mass is 10.3. The number of hydrogen-bond acceptors (Lipinski definition) is 3. The van der Waals surface area contributed by atoms with Crippen LogP contribution in [0.4, 0.5) is 0 Å². The summed E-state index contributed by atoms with van der Waals surface area (Å²) in [4.78, 5) is 0. The van der Waals surface area contributed by atoms with E-state index < -0.39 is 6.10 Å². The Morgan fingerprint density at radius 3 is 2.50 bits per heavy atom. The first-order chi connectivity index (χ1) is 3.66. The van der Waals surface area contributed by atoms with E-state index in [0.29, 0.717) is 0 Å². The van der Waals surface area contributed by atoms with Gasteiger partial charge in [-0.15, -0.1) is 0 Å². The molecule has 0 rings (SSSR count). The molecule has 0 heterocycles. The molecule has 0 aromatic carbocycles. The maximum Gasteiger partial charge on any atom is 0.141 e. The molecular weight excluding hydrogens is 108 g/mol. The topological polar surface area (TPSA) is 78.8 Å². The Kier molecular flexibility index (Phi) is 2.95. The fraction of sp³-hybridized carbons (Fsp3) is 0.750. The molecule has 48 valence electrons. The molecule has 0 unspecified atom stereocenters. The summed E-state index contributed by atoms with van der Waals surface area (Å²) >= 11 is 0. The highest BCUT2D eigenvalue weighted by molar-refractivity contribution is 5.79. The summed E-state index contributed by atoms with van der Waals surface area (Å²) in [6, 6.07) is 0. The van der Waals surface area contributed by atoms with Crippen molar-refractivity contribution in [1.82, 2.24) is 0 Å². The van der Waals surface area contributed by atoms with Gasteiger partial charge >= 0.3 is 0 Å². The molecular formula is C4H10N2O2. The first-order valence-corrected chi connectivity index (χ1v) is 2.31. The van der Waals surface area contributed by atoms with Crippen molar-refractivity contribution in [2.75, 3.05) is 0 Å². The quantitative estimate of drug-likeness (QED) is 0.198. The zero-order valence-electron chi connectivity index (χ0n) is 4.70. The Morgan fingerprint density at radius 1 is 1.88 bits per heavy atom. The summed E-state index contributed by atoms with van der Waals surface area (Å²) < 4.78 is 0. The van der Waals surface area contributed by atoms with Crippen LogP contribution in [0.3, 0.4) is 0 Å². The van der Waals surface area contributed by atoms with Crippen LogP contribution in [-0.2, 0) is 0 Å². The summed E-state index contributed by atoms with van der Waals surface area (Å²) in [5.74, 6) is 0.0556. The van der Waals surface area contributed by atoms with Crippen LogP contribution in [0.1, 0.15) is 13.3 Å². The largest absolute Gasteiger partial charge is 0.409 e. The van der Waals surface area contributed by atoms with E-state index in [-0.39, 0.29) is 12.3 Å². The molecule has 0 saturated heterocycles. The molecule has 0 fully saturated rings. The van der Waals surface area contributed by atoms with E-state index in [1.165, 1.54) is 0 Å². The van der Waals surface area contributed by atoms with Crippen molar-refractivity contribution in [3.8, 4) is 0 Å². The first-order valence-electron chi connectivity index (χ1n) is 2.31. The Morgan fingerprint density at radius 2 is 2.38 bits per heavy atom. The van der Waals surface area contributed by atoms with E-state index in [9.17, 15) is 0 Å². The summed E-state index contributed by atoms with van der Waals surface area (Å²) in [7, 11) is 0. The lowest BCUT2D eigenvalue weighted by Crippen LogP contribution is -2.17. The van der Waals surface area contributed by atoms with Gasteiger partial charge in [0.25, 0.3) is 0 Å². The highest BCUT2D eigenvalue weighted by Gasteiger charge is 1.97. The van der Waals surface area contributed by atoms with Gasteiger partial charge in [-0.1, -0.05) is 5.16 Å². The van der Waals surface area contributed by atoms with E-state index in [2.05, 4.69) is 5.16 Å². The number of aliphatic hydroxyl groups is 1. The Labute approximate surface area is 47.6 Å². The molecule has 0 aliphatic rings. The Bertz CT molecular complexity index is 90.0. The number of hydrogen-bond donors (Lipinski definition) is 3. The van der Waals surface area contributed by atoms with Gasteiger partial charge in [0.1, 0.15) is 5.84 Å². The summed E-state index contributed by atoms with van der Waals surface area (Å²) in [5.41, 5.74) is 5.01. The highest BCUT2D eigenvalue weighted by atomic mass is 16.4. The number of nitrogens with two attached hydrogens (primary N) is 1. The maximum absolute atomic E-state index is 8.58. The molecule has 4 N–H and O–H groups in total. The van der Waals surface area contributed by atoms with Crippen molar-refractivity contribution in [1.29, 1.82) is 0 Å². The predicted molar refractivity (Wildman–Crippen MR) is 29.7 cm³/mol. The molecule has 0 bridgehead atoms. The van der Waals surface area contributed by atoms with Crippen LogP contribution in [0.15, 0.2) is 5.16 Å². The summed E-state index contributed by atoms with van der Waals surface area (Å²) in [6.45, 7) is 1.57. The second-order valence-corrected chi connectivity index (χ2v) is 1.64. The third-order valence-corrected chi connectivity index (χ3v) is 0.633. The van der Waals surface area contributed by atoms with Crippen molar-refractivity contribution in [2.24, 2.45) is 10.9 Å². The molecule has 8 heavy (non-hydrogen) atoms. The van der Waals surface area contributed by atoms with Crippen LogP contribution in [0.2, 0.25) is 0 Å². The lowest BCUT2D eigenvalue weighted by Gasteiger charge is -1.98. The number of rotatable bonds is 2. The molecule has 0 radical (unpaired) electrons. The highest BCUT2D eigenvalue weighted by Crippen LogP contribution is 1.86. The van der Waals surface area contributed by atoms with Crippen LogP contribution >= 0.6 is 0 Å². The predicted octanol–water partition coefficient (Wildman–Crippen LogP) is -0.496. The van der Waals surface area contributed by atoms with E-state index in [0.717, 1.165) is 0 Å². The van der Waals surface area contributed by atoms with Crippen molar-refractivity contribution < 1.29 is 10.3 Å². The van der Waals surface area contributed by atoms with Gasteiger partial charge in [-0.25, -0.2) is 0 Å². The summed E-state index contributed by atoms with van der Waals surface area (Å²) in [6.07, 6.45) is -0.317. The molecule has 0 spiro atoms. The van der Waals surface area contributed by atoms with Gasteiger partial charge in [0.2, 0.25) is 0 Å². The normalized spacial score (nSPS) is 16.0. The molecule has 4 heteroatoms. The van der Waals surface area contributed by atoms with Crippen LogP contribution in [-0.4, -0.2) is 22.3 Å². The van der Waals surface area contributed by atoms with Crippen LogP contribution in [0.25, 0.3) is 0 Å². The minimum absolute atomic E-state index is 0.0556. The van der Waals surface area contributed by atoms with E-state index in [1.807, 2.05) is 0 Å². The fourth-order valence-electron chi connectivity index (χ4n) is 0.343. The third kappa shape index (κ3) is 3.42. The Hall–Kier alpha value is -0.770. The van der Waals surface area contributed by atoms with Gasteiger partial charge in [0, 0.05) is 6.42 Å². The number of oxime groups is 1. The first kappa shape index (κ1) is 7.23. The van der Waals surface area contributed by atoms with Gasteiger partial charge < -0.3 is 16.0 Å². The molecule has 4 nitrogen and oxygen atoms in total. The summed E-state index contributed by atoms with van der Waals surface area (Å²) in [5, 5.41) is 19.2. The molecule has 0 amide bonds. The van der Waals surface area contributed by atoms with Gasteiger partial charge in [-0.3, -0.25) is 0 Å². The van der Waals surface area contributed by atoms with Crippen molar-refractivity contribution in [3.05, 3.63) is 0 Å². The minimum atomic E-state index is -0.536. The third-order valence-electron chi connectivity index (χ3n) is 0.633. The SMILES string of the molecule is C[C@@H](O)C/C(N)=N/O. The second kappa shape index (κ2) is 3.26. The second-order valence-electron chi connectivity index (χ2n) is 1.64. The van der Waals surface area contributed by atoms with Gasteiger partial charge in [0.15, 0.2) is 0 Å². The molecule has 0 aliphatic carbocycles. The molecule has 0 aromatic heterocycles. The number of aliphatic hydroxyl groups excluding tert-OH is 1. The average Bonchev–Trinajstić information content (AvgIpc) is 1.65. The fourth-order valence-corrected chi connectivity index (χ4v) is 0.343. The monoisotopic (exact) mass is 118 g/mol. The zero-order chi connectivity index (χ0) is 6.57. The molecule has 0 saturated carbocycles. The lowest BCUT2D eigenvalue weighted by molar-refractivity contribution is 0.200. The molecule has 0 aromatic rings. The number of amidine groups is 1. The Balaban J connectivity index is 3.39. The van der Waals surface area contributed by atoms with Crippen molar-refractivity contribution in [2.45, 2.75) is 19.4 Å². The van der Waals surface area contributed by atoms with E-state index in [4.69, 9.17) is 16.0 Å². The minimum Gasteiger partial charge on any atom is -0.409 e. The molecule has 1 atom stereocenters. The van der Waals surface area contributed by atoms with Crippen molar-refractivity contribution >= 4 is 5.84 Å². The van der Waals surface area contributed by atoms with Crippen LogP contribution in [0, 0.1) is 0 Å². The van der Waals surface area contributed by atoms with E-state index >= 15 is 0 Å². The van der Waals surface area contributed by atoms with Crippen LogP contribution < -0.4 is 5.73 Å². The van der Waals surface area contributed by atoms with Gasteiger partial charge in [-0.05, 0) is 6.92 Å². The van der Waals surface area contributed by atoms with Crippen molar-refractivity contribution in [3.63, 3.8) is 0 Å². The zero-order valence-corrected chi connectivity index (χ0v) is 4.70. The smallest absolute Gasteiger partial charge is 0.141 e. The van der Waals surface area contributed by atoms with E-state index in [1.54, 1.807) is 6.92 Å².